The van der Waals surface area contributed by atoms with E-state index in [1.54, 1.807) is 0 Å². The van der Waals surface area contributed by atoms with Crippen LogP contribution in [0.2, 0.25) is 0 Å². The van der Waals surface area contributed by atoms with Crippen LogP contribution in [0, 0.1) is 0 Å². The fourth-order valence-electron chi connectivity index (χ4n) is 12.2. The Labute approximate surface area is 410 Å². The van der Waals surface area contributed by atoms with Crippen LogP contribution in [-0.4, -0.2) is 21.8 Å². The van der Waals surface area contributed by atoms with Crippen LogP contribution in [0.4, 0.5) is 0 Å². The molecule has 0 spiro atoms. The molecule has 15 rings (SSSR count). The van der Waals surface area contributed by atoms with Crippen molar-refractivity contribution in [2.75, 3.05) is 0 Å². The summed E-state index contributed by atoms with van der Waals surface area (Å²) in [7, 11) is -2.82. The van der Waals surface area contributed by atoms with Crippen LogP contribution in [0.25, 0.3) is 104 Å². The standard InChI is InChI=1S/C66H43N3OSi/c1-4-19-46(20-5-1)71(47-21-6-2-7-22-47,48-23-8-3-9-24-48)49-37-38-54-52-27-12-17-33-61(52)69(64(54)43-49)63-34-18-29-55-57-42-45(36-40-65(57)70-66(55)63)68-60-32-16-13-28-53(60)56-41-44(35-39-62(56)68)67-58-30-14-10-25-50(58)51-26-11-15-31-59(51)67/h1-43H. The lowest BCUT2D eigenvalue weighted by molar-refractivity contribution is 0.666. The Balaban J connectivity index is 0.932. The number of nitrogens with zero attached hydrogens (tertiary/aromatic N) is 3. The zero-order valence-electron chi connectivity index (χ0n) is 38.6. The molecular weight excluding hydrogens is 879 g/mol. The molecule has 4 aromatic heterocycles. The van der Waals surface area contributed by atoms with E-state index in [1.165, 1.54) is 64.1 Å². The Morgan fingerprint density at radius 2 is 0.676 bits per heavy atom. The molecule has 71 heavy (non-hydrogen) atoms. The van der Waals surface area contributed by atoms with Gasteiger partial charge in [-0.3, -0.25) is 0 Å². The third-order valence-corrected chi connectivity index (χ3v) is 20.0. The number of hydrogen-bond donors (Lipinski definition) is 0. The van der Waals surface area contributed by atoms with Crippen molar-refractivity contribution in [1.82, 2.24) is 13.7 Å². The van der Waals surface area contributed by atoms with Gasteiger partial charge in [-0.25, -0.2) is 0 Å². The Kier molecular flexibility index (Phi) is 8.64. The van der Waals surface area contributed by atoms with E-state index in [9.17, 15) is 0 Å². The summed E-state index contributed by atoms with van der Waals surface area (Å²) in [4.78, 5) is 0. The van der Waals surface area contributed by atoms with E-state index in [0.29, 0.717) is 0 Å². The molecule has 332 valence electrons. The van der Waals surface area contributed by atoms with Crippen LogP contribution in [0.1, 0.15) is 0 Å². The van der Waals surface area contributed by atoms with Gasteiger partial charge in [0.1, 0.15) is 5.58 Å². The first-order chi connectivity index (χ1) is 35.2. The van der Waals surface area contributed by atoms with E-state index >= 15 is 0 Å². The van der Waals surface area contributed by atoms with E-state index in [1.807, 2.05) is 0 Å². The Hall–Kier alpha value is -9.16. The van der Waals surface area contributed by atoms with Crippen molar-refractivity contribution in [2.45, 2.75) is 0 Å². The fourth-order valence-corrected chi connectivity index (χ4v) is 17.0. The maximum absolute atomic E-state index is 7.06. The zero-order valence-corrected chi connectivity index (χ0v) is 39.6. The molecule has 0 saturated heterocycles. The Bertz CT molecular complexity index is 4430. The highest BCUT2D eigenvalue weighted by molar-refractivity contribution is 7.20. The van der Waals surface area contributed by atoms with Gasteiger partial charge in [0.15, 0.2) is 13.7 Å². The number of para-hydroxylation sites is 5. The summed E-state index contributed by atoms with van der Waals surface area (Å²) in [6, 6.07) is 96.1. The Morgan fingerprint density at radius 3 is 1.23 bits per heavy atom. The molecule has 4 heterocycles. The molecule has 0 fully saturated rings. The molecule has 0 atom stereocenters. The van der Waals surface area contributed by atoms with Crippen molar-refractivity contribution in [3.63, 3.8) is 0 Å². The lowest BCUT2D eigenvalue weighted by atomic mass is 10.1. The highest BCUT2D eigenvalue weighted by atomic mass is 28.3. The molecule has 0 aliphatic heterocycles. The predicted molar refractivity (Wildman–Crippen MR) is 300 cm³/mol. The summed E-state index contributed by atoms with van der Waals surface area (Å²) in [5.41, 5.74) is 12.0. The average molecular weight is 922 g/mol. The van der Waals surface area contributed by atoms with E-state index in [4.69, 9.17) is 4.42 Å². The first-order valence-corrected chi connectivity index (χ1v) is 26.4. The van der Waals surface area contributed by atoms with Crippen LogP contribution in [0.5, 0.6) is 0 Å². The van der Waals surface area contributed by atoms with Gasteiger partial charge in [0, 0.05) is 54.5 Å². The van der Waals surface area contributed by atoms with E-state index in [0.717, 1.165) is 61.1 Å². The lowest BCUT2D eigenvalue weighted by Crippen LogP contribution is -2.74. The molecular formula is C66H43N3OSi. The van der Waals surface area contributed by atoms with Crippen molar-refractivity contribution in [2.24, 2.45) is 0 Å². The van der Waals surface area contributed by atoms with Crippen LogP contribution < -0.4 is 20.7 Å². The summed E-state index contributed by atoms with van der Waals surface area (Å²) in [5, 5.41) is 14.9. The minimum atomic E-state index is -2.82. The normalized spacial score (nSPS) is 12.2. The average Bonchev–Trinajstić information content (AvgIpc) is 4.18. The van der Waals surface area contributed by atoms with Crippen molar-refractivity contribution in [3.05, 3.63) is 261 Å². The van der Waals surface area contributed by atoms with E-state index in [2.05, 4.69) is 275 Å². The van der Waals surface area contributed by atoms with Crippen LogP contribution in [-0.2, 0) is 0 Å². The molecule has 0 saturated carbocycles. The third-order valence-electron chi connectivity index (χ3n) is 15.2. The smallest absolute Gasteiger partial charge is 0.179 e. The molecule has 0 aliphatic rings. The first kappa shape index (κ1) is 39.8. The third kappa shape index (κ3) is 5.72. The molecule has 0 unspecified atom stereocenters. The number of rotatable bonds is 7. The molecule has 4 nitrogen and oxygen atoms in total. The zero-order chi connectivity index (χ0) is 46.6. The van der Waals surface area contributed by atoms with Gasteiger partial charge >= 0.3 is 0 Å². The molecule has 15 aromatic rings. The number of hydrogen-bond acceptors (Lipinski definition) is 1. The number of fused-ring (bicyclic) bond motifs is 12. The SMILES string of the molecule is c1ccc([Si](c2ccccc2)(c2ccccc2)c2ccc3c4ccccc4n(-c4cccc5c4oc4ccc(-n6c7ccccc7c7cc(-n8c9ccccc9c9ccccc98)ccc76)cc45)c3c2)cc1. The van der Waals surface area contributed by atoms with Crippen molar-refractivity contribution in [1.29, 1.82) is 0 Å². The molecule has 0 bridgehead atoms. The molecule has 0 amide bonds. The second kappa shape index (κ2) is 15.4. The topological polar surface area (TPSA) is 27.9 Å². The molecule has 0 N–H and O–H groups in total. The van der Waals surface area contributed by atoms with Crippen molar-refractivity contribution >= 4 is 116 Å². The number of benzene rings is 11. The van der Waals surface area contributed by atoms with E-state index in [-0.39, 0.29) is 0 Å². The van der Waals surface area contributed by atoms with Crippen LogP contribution in [0.15, 0.2) is 265 Å². The van der Waals surface area contributed by atoms with Crippen molar-refractivity contribution < 1.29 is 4.42 Å². The Morgan fingerprint density at radius 1 is 0.254 bits per heavy atom. The van der Waals surface area contributed by atoms with Gasteiger partial charge in [0.2, 0.25) is 0 Å². The summed E-state index contributed by atoms with van der Waals surface area (Å²) in [6.45, 7) is 0. The summed E-state index contributed by atoms with van der Waals surface area (Å²) in [5.74, 6) is 0. The summed E-state index contributed by atoms with van der Waals surface area (Å²) >= 11 is 0. The largest absolute Gasteiger partial charge is 0.454 e. The molecule has 0 radical (unpaired) electrons. The highest BCUT2D eigenvalue weighted by Gasteiger charge is 2.41. The van der Waals surface area contributed by atoms with Gasteiger partial charge in [0.05, 0.1) is 38.8 Å². The minimum absolute atomic E-state index is 0.857. The van der Waals surface area contributed by atoms with E-state index < -0.39 is 8.07 Å². The maximum Gasteiger partial charge on any atom is 0.179 e. The molecule has 5 heteroatoms. The van der Waals surface area contributed by atoms with Crippen LogP contribution >= 0.6 is 0 Å². The quantitative estimate of drug-likeness (QED) is 0.116. The predicted octanol–water partition coefficient (Wildman–Crippen LogP) is 14.3. The number of furan rings is 1. The fraction of sp³-hybridized carbons (Fsp3) is 0. The van der Waals surface area contributed by atoms with Crippen molar-refractivity contribution in [3.8, 4) is 17.1 Å². The van der Waals surface area contributed by atoms with Crippen LogP contribution in [0.3, 0.4) is 0 Å². The maximum atomic E-state index is 7.06. The van der Waals surface area contributed by atoms with Gasteiger partial charge < -0.3 is 18.1 Å². The second-order valence-electron chi connectivity index (χ2n) is 18.8. The number of aromatic nitrogens is 3. The summed E-state index contributed by atoms with van der Waals surface area (Å²) in [6.07, 6.45) is 0. The minimum Gasteiger partial charge on any atom is -0.454 e. The van der Waals surface area contributed by atoms with Gasteiger partial charge in [-0.1, -0.05) is 188 Å². The second-order valence-corrected chi connectivity index (χ2v) is 22.6. The summed E-state index contributed by atoms with van der Waals surface area (Å²) < 4.78 is 14.3. The lowest BCUT2D eigenvalue weighted by Gasteiger charge is -2.34. The van der Waals surface area contributed by atoms with Gasteiger partial charge in [-0.2, -0.15) is 0 Å². The highest BCUT2D eigenvalue weighted by Crippen LogP contribution is 2.41. The van der Waals surface area contributed by atoms with Gasteiger partial charge in [-0.15, -0.1) is 0 Å². The molecule has 11 aromatic carbocycles. The van der Waals surface area contributed by atoms with Gasteiger partial charge in [0.25, 0.3) is 0 Å². The first-order valence-electron chi connectivity index (χ1n) is 24.4. The van der Waals surface area contributed by atoms with Gasteiger partial charge in [-0.05, 0) is 93.5 Å². The molecule has 0 aliphatic carbocycles. The monoisotopic (exact) mass is 921 g/mol.